The highest BCUT2D eigenvalue weighted by atomic mass is 16.1. The Kier molecular flexibility index (Phi) is 4.31. The Morgan fingerprint density at radius 2 is 1.68 bits per heavy atom. The number of primary amides is 1. The Morgan fingerprint density at radius 3 is 2.37 bits per heavy atom. The Labute approximate surface area is 113 Å². The third kappa shape index (κ3) is 3.42. The molecule has 3 nitrogen and oxygen atoms in total. The first-order valence-corrected chi connectivity index (χ1v) is 6.31. The van der Waals surface area contributed by atoms with Crippen LogP contribution in [-0.2, 0) is 11.3 Å². The fraction of sp³-hybridized carbons (Fsp3) is 0.188. The highest BCUT2D eigenvalue weighted by Gasteiger charge is 2.06. The molecule has 0 radical (unpaired) electrons. The van der Waals surface area contributed by atoms with Crippen LogP contribution in [-0.4, -0.2) is 12.5 Å². The molecule has 0 fully saturated rings. The number of hydrogen-bond donors (Lipinski definition) is 2. The maximum Gasteiger partial charge on any atom is 0.231 e. The zero-order valence-corrected chi connectivity index (χ0v) is 11.0. The third-order valence-electron chi connectivity index (χ3n) is 3.07. The first kappa shape index (κ1) is 13.3. The standard InChI is InChI=1S/C16H18N2O/c1-12-6-2-4-8-14(12)15-9-5-3-7-13(15)10-18-11-16(17)19/h2-9,18H,10-11H2,1H3,(H2,17,19). The van der Waals surface area contributed by atoms with Crippen molar-refractivity contribution in [2.45, 2.75) is 13.5 Å². The van der Waals surface area contributed by atoms with Crippen LogP contribution in [0.1, 0.15) is 11.1 Å². The molecule has 0 bridgehead atoms. The van der Waals surface area contributed by atoms with Crippen molar-refractivity contribution in [2.24, 2.45) is 5.73 Å². The van der Waals surface area contributed by atoms with E-state index in [1.54, 1.807) is 0 Å². The van der Waals surface area contributed by atoms with E-state index in [9.17, 15) is 4.79 Å². The number of aryl methyl sites for hydroxylation is 1. The summed E-state index contributed by atoms with van der Waals surface area (Å²) in [6.07, 6.45) is 0. The molecule has 2 aromatic rings. The van der Waals surface area contributed by atoms with Crippen molar-refractivity contribution in [3.63, 3.8) is 0 Å². The second-order valence-corrected chi connectivity index (χ2v) is 4.54. The normalized spacial score (nSPS) is 10.4. The molecule has 0 aliphatic carbocycles. The highest BCUT2D eigenvalue weighted by Crippen LogP contribution is 2.26. The molecule has 0 atom stereocenters. The number of carbonyl (C=O) groups excluding carboxylic acids is 1. The van der Waals surface area contributed by atoms with Crippen molar-refractivity contribution < 1.29 is 4.79 Å². The SMILES string of the molecule is Cc1ccccc1-c1ccccc1CNCC(N)=O. The lowest BCUT2D eigenvalue weighted by Crippen LogP contribution is -2.28. The average Bonchev–Trinajstić information content (AvgIpc) is 2.40. The topological polar surface area (TPSA) is 55.1 Å². The molecular weight excluding hydrogens is 236 g/mol. The Hall–Kier alpha value is -2.13. The molecule has 2 rings (SSSR count). The summed E-state index contributed by atoms with van der Waals surface area (Å²) in [6, 6.07) is 16.5. The fourth-order valence-corrected chi connectivity index (χ4v) is 2.13. The van der Waals surface area contributed by atoms with Crippen molar-refractivity contribution in [3.8, 4) is 11.1 Å². The smallest absolute Gasteiger partial charge is 0.231 e. The second kappa shape index (κ2) is 6.16. The molecule has 3 heteroatoms. The van der Waals surface area contributed by atoms with E-state index in [4.69, 9.17) is 5.73 Å². The van der Waals surface area contributed by atoms with Crippen LogP contribution in [0.4, 0.5) is 0 Å². The van der Waals surface area contributed by atoms with E-state index in [1.165, 1.54) is 16.7 Å². The molecule has 19 heavy (non-hydrogen) atoms. The van der Waals surface area contributed by atoms with E-state index >= 15 is 0 Å². The van der Waals surface area contributed by atoms with Crippen LogP contribution in [0, 0.1) is 6.92 Å². The molecule has 0 aliphatic rings. The molecule has 0 unspecified atom stereocenters. The van der Waals surface area contributed by atoms with E-state index in [0.717, 1.165) is 5.56 Å². The van der Waals surface area contributed by atoms with Gasteiger partial charge in [0.2, 0.25) is 5.91 Å². The lowest BCUT2D eigenvalue weighted by atomic mass is 9.96. The molecule has 1 amide bonds. The molecule has 0 saturated carbocycles. The van der Waals surface area contributed by atoms with Crippen molar-refractivity contribution >= 4 is 5.91 Å². The zero-order chi connectivity index (χ0) is 13.7. The van der Waals surface area contributed by atoms with E-state index in [1.807, 2.05) is 24.3 Å². The number of carbonyl (C=O) groups is 1. The van der Waals surface area contributed by atoms with Crippen LogP contribution in [0.3, 0.4) is 0 Å². The lowest BCUT2D eigenvalue weighted by Gasteiger charge is -2.12. The Bertz CT molecular complexity index is 578. The lowest BCUT2D eigenvalue weighted by molar-refractivity contribution is -0.117. The number of benzene rings is 2. The van der Waals surface area contributed by atoms with Gasteiger partial charge in [-0.05, 0) is 29.2 Å². The van der Waals surface area contributed by atoms with Gasteiger partial charge >= 0.3 is 0 Å². The first-order valence-electron chi connectivity index (χ1n) is 6.31. The molecule has 3 N–H and O–H groups in total. The summed E-state index contributed by atoms with van der Waals surface area (Å²) in [5.74, 6) is -0.339. The number of hydrogen-bond acceptors (Lipinski definition) is 2. The van der Waals surface area contributed by atoms with E-state index in [2.05, 4.69) is 36.5 Å². The molecule has 0 aromatic heterocycles. The highest BCUT2D eigenvalue weighted by molar-refractivity contribution is 5.76. The summed E-state index contributed by atoms with van der Waals surface area (Å²) in [5, 5.41) is 3.06. The van der Waals surface area contributed by atoms with Crippen LogP contribution in [0.5, 0.6) is 0 Å². The molecule has 0 aliphatic heterocycles. The van der Waals surface area contributed by atoms with Gasteiger partial charge in [-0.1, -0.05) is 48.5 Å². The minimum absolute atomic E-state index is 0.197. The molecule has 2 aromatic carbocycles. The van der Waals surface area contributed by atoms with Crippen molar-refractivity contribution in [3.05, 3.63) is 59.7 Å². The van der Waals surface area contributed by atoms with Gasteiger partial charge in [0.05, 0.1) is 6.54 Å². The monoisotopic (exact) mass is 254 g/mol. The van der Waals surface area contributed by atoms with Gasteiger partial charge in [-0.3, -0.25) is 4.79 Å². The van der Waals surface area contributed by atoms with Crippen molar-refractivity contribution in [1.29, 1.82) is 0 Å². The summed E-state index contributed by atoms with van der Waals surface area (Å²) in [6.45, 7) is 2.93. The maximum absolute atomic E-state index is 10.8. The number of nitrogens with two attached hydrogens (primary N) is 1. The summed E-state index contributed by atoms with van der Waals surface area (Å²) in [7, 11) is 0. The third-order valence-corrected chi connectivity index (χ3v) is 3.07. The maximum atomic E-state index is 10.8. The van der Waals surface area contributed by atoms with E-state index in [0.29, 0.717) is 6.54 Å². The molecule has 0 saturated heterocycles. The average molecular weight is 254 g/mol. The van der Waals surface area contributed by atoms with Gasteiger partial charge in [-0.25, -0.2) is 0 Å². The van der Waals surface area contributed by atoms with Gasteiger partial charge in [-0.15, -0.1) is 0 Å². The number of rotatable bonds is 5. The predicted molar refractivity (Wildman–Crippen MR) is 77.5 cm³/mol. The van der Waals surface area contributed by atoms with Crippen LogP contribution in [0.25, 0.3) is 11.1 Å². The van der Waals surface area contributed by atoms with Gasteiger partial charge in [0.25, 0.3) is 0 Å². The molecule has 98 valence electrons. The summed E-state index contributed by atoms with van der Waals surface area (Å²) in [5.41, 5.74) is 9.95. The zero-order valence-electron chi connectivity index (χ0n) is 11.0. The molecular formula is C16H18N2O. The summed E-state index contributed by atoms with van der Waals surface area (Å²) in [4.78, 5) is 10.8. The minimum atomic E-state index is -0.339. The fourth-order valence-electron chi connectivity index (χ4n) is 2.13. The second-order valence-electron chi connectivity index (χ2n) is 4.54. The van der Waals surface area contributed by atoms with Gasteiger partial charge in [-0.2, -0.15) is 0 Å². The largest absolute Gasteiger partial charge is 0.369 e. The van der Waals surface area contributed by atoms with Gasteiger partial charge in [0, 0.05) is 6.54 Å². The van der Waals surface area contributed by atoms with Crippen molar-refractivity contribution in [2.75, 3.05) is 6.54 Å². The van der Waals surface area contributed by atoms with Crippen LogP contribution < -0.4 is 11.1 Å². The Morgan fingerprint density at radius 1 is 1.05 bits per heavy atom. The van der Waals surface area contributed by atoms with Crippen molar-refractivity contribution in [1.82, 2.24) is 5.32 Å². The van der Waals surface area contributed by atoms with Crippen LogP contribution in [0.15, 0.2) is 48.5 Å². The molecule has 0 heterocycles. The molecule has 0 spiro atoms. The number of amides is 1. The quantitative estimate of drug-likeness (QED) is 0.859. The van der Waals surface area contributed by atoms with Crippen LogP contribution >= 0.6 is 0 Å². The van der Waals surface area contributed by atoms with Gasteiger partial charge in [0.15, 0.2) is 0 Å². The number of nitrogens with one attached hydrogen (secondary N) is 1. The minimum Gasteiger partial charge on any atom is -0.369 e. The summed E-state index contributed by atoms with van der Waals surface area (Å²) >= 11 is 0. The van der Waals surface area contributed by atoms with Crippen LogP contribution in [0.2, 0.25) is 0 Å². The predicted octanol–water partition coefficient (Wildman–Crippen LogP) is 2.24. The van der Waals surface area contributed by atoms with E-state index in [-0.39, 0.29) is 12.5 Å². The van der Waals surface area contributed by atoms with E-state index < -0.39 is 0 Å². The summed E-state index contributed by atoms with van der Waals surface area (Å²) < 4.78 is 0. The Balaban J connectivity index is 2.26. The first-order chi connectivity index (χ1) is 9.18. The van der Waals surface area contributed by atoms with Gasteiger partial charge in [0.1, 0.15) is 0 Å². The van der Waals surface area contributed by atoms with Gasteiger partial charge < -0.3 is 11.1 Å².